The van der Waals surface area contributed by atoms with Crippen LogP contribution in [-0.2, 0) is 20.2 Å². The van der Waals surface area contributed by atoms with E-state index in [9.17, 15) is 26.5 Å². The van der Waals surface area contributed by atoms with Gasteiger partial charge in [-0.25, -0.2) is 0 Å². The Morgan fingerprint density at radius 1 is 1.00 bits per heavy atom. The van der Waals surface area contributed by atoms with Crippen molar-refractivity contribution < 1.29 is 40.5 Å². The largest absolute Gasteiger partial charge is 0.493 e. The molecule has 0 bridgehead atoms. The molecular formula is C11H16O9S2. The van der Waals surface area contributed by atoms with Crippen molar-refractivity contribution in [3.05, 3.63) is 23.8 Å². The fourth-order valence-corrected chi connectivity index (χ4v) is 3.26. The summed E-state index contributed by atoms with van der Waals surface area (Å²) in [6.07, 6.45) is -0.951. The average molecular weight is 356 g/mol. The standard InChI is InChI=1S/C11H16O9S2/c1-19-8-4-3-7(5-9(8)20-2)10(21(13,14)15)6-11(12)22(16,17)18/h3-5,10-12H,6H2,1-2H3,(H,13,14,15)(H,16,17,18). The van der Waals surface area contributed by atoms with Gasteiger partial charge in [-0.2, -0.15) is 16.8 Å². The minimum absolute atomic E-state index is 0.0390. The normalized spacial score (nSPS) is 15.1. The smallest absolute Gasteiger partial charge is 0.292 e. The minimum atomic E-state index is -4.87. The summed E-state index contributed by atoms with van der Waals surface area (Å²) in [5.74, 6) is 0.436. The lowest BCUT2D eigenvalue weighted by Crippen LogP contribution is -2.25. The predicted octanol–water partition coefficient (Wildman–Crippen LogP) is 0.229. The van der Waals surface area contributed by atoms with E-state index >= 15 is 0 Å². The molecule has 1 rings (SSSR count). The summed E-state index contributed by atoms with van der Waals surface area (Å²) in [4.78, 5) is 0. The Hall–Kier alpha value is -1.40. The van der Waals surface area contributed by atoms with Gasteiger partial charge < -0.3 is 14.6 Å². The molecule has 0 radical (unpaired) electrons. The van der Waals surface area contributed by atoms with Gasteiger partial charge in [0.15, 0.2) is 16.9 Å². The lowest BCUT2D eigenvalue weighted by atomic mass is 10.1. The summed E-state index contributed by atoms with van der Waals surface area (Å²) in [5.41, 5.74) is -2.41. The molecule has 0 aliphatic rings. The third kappa shape index (κ3) is 4.55. The highest BCUT2D eigenvalue weighted by molar-refractivity contribution is 7.87. The molecule has 22 heavy (non-hydrogen) atoms. The van der Waals surface area contributed by atoms with Crippen LogP contribution in [-0.4, -0.2) is 50.7 Å². The molecule has 0 saturated heterocycles. The number of rotatable bonds is 7. The molecule has 0 aliphatic carbocycles. The second kappa shape index (κ2) is 6.79. The monoisotopic (exact) mass is 356 g/mol. The van der Waals surface area contributed by atoms with Crippen LogP contribution in [0.25, 0.3) is 0 Å². The van der Waals surface area contributed by atoms with Crippen LogP contribution in [0.15, 0.2) is 18.2 Å². The quantitative estimate of drug-likeness (QED) is 0.584. The van der Waals surface area contributed by atoms with E-state index < -0.39 is 37.3 Å². The Morgan fingerprint density at radius 2 is 1.55 bits per heavy atom. The second-order valence-corrected chi connectivity index (χ2v) is 7.50. The minimum Gasteiger partial charge on any atom is -0.493 e. The zero-order valence-corrected chi connectivity index (χ0v) is 13.3. The number of aliphatic hydroxyl groups is 1. The van der Waals surface area contributed by atoms with Gasteiger partial charge in [-0.3, -0.25) is 9.11 Å². The molecule has 0 aromatic heterocycles. The third-order valence-electron chi connectivity index (χ3n) is 2.90. The van der Waals surface area contributed by atoms with E-state index in [2.05, 4.69) is 0 Å². The first-order valence-corrected chi connectivity index (χ1v) is 8.84. The van der Waals surface area contributed by atoms with E-state index in [1.807, 2.05) is 0 Å². The molecule has 1 aromatic rings. The van der Waals surface area contributed by atoms with E-state index in [0.717, 1.165) is 0 Å². The van der Waals surface area contributed by atoms with Gasteiger partial charge >= 0.3 is 0 Å². The Bertz CT molecular complexity index is 724. The lowest BCUT2D eigenvalue weighted by molar-refractivity contribution is 0.220. The van der Waals surface area contributed by atoms with Crippen LogP contribution < -0.4 is 9.47 Å². The van der Waals surface area contributed by atoms with Crippen LogP contribution in [0.3, 0.4) is 0 Å². The van der Waals surface area contributed by atoms with Crippen molar-refractivity contribution in [3.63, 3.8) is 0 Å². The fraction of sp³-hybridized carbons (Fsp3) is 0.455. The van der Waals surface area contributed by atoms with E-state index in [1.54, 1.807) is 0 Å². The third-order valence-corrected chi connectivity index (χ3v) is 4.96. The zero-order chi connectivity index (χ0) is 17.1. The number of hydrogen-bond acceptors (Lipinski definition) is 7. The maximum absolute atomic E-state index is 11.4. The van der Waals surface area contributed by atoms with E-state index in [1.165, 1.54) is 32.4 Å². The number of aliphatic hydroxyl groups excluding tert-OH is 1. The second-order valence-electron chi connectivity index (χ2n) is 4.32. The number of hydrogen-bond donors (Lipinski definition) is 3. The fourth-order valence-electron chi connectivity index (χ4n) is 1.79. The predicted molar refractivity (Wildman–Crippen MR) is 76.0 cm³/mol. The van der Waals surface area contributed by atoms with Gasteiger partial charge in [-0.15, -0.1) is 0 Å². The summed E-state index contributed by atoms with van der Waals surface area (Å²) in [6, 6.07) is 3.83. The van der Waals surface area contributed by atoms with E-state index in [4.69, 9.17) is 14.0 Å². The van der Waals surface area contributed by atoms with Gasteiger partial charge in [0.2, 0.25) is 0 Å². The Labute approximate surface area is 128 Å². The molecule has 0 saturated carbocycles. The van der Waals surface area contributed by atoms with Crippen LogP contribution in [0, 0.1) is 0 Å². The van der Waals surface area contributed by atoms with Crippen LogP contribution in [0.2, 0.25) is 0 Å². The molecule has 2 unspecified atom stereocenters. The van der Waals surface area contributed by atoms with Crippen molar-refractivity contribution in [3.8, 4) is 11.5 Å². The van der Waals surface area contributed by atoms with Crippen molar-refractivity contribution >= 4 is 20.2 Å². The maximum atomic E-state index is 11.4. The van der Waals surface area contributed by atoms with Gasteiger partial charge in [-0.05, 0) is 17.7 Å². The van der Waals surface area contributed by atoms with Gasteiger partial charge in [0.05, 0.1) is 14.2 Å². The highest BCUT2D eigenvalue weighted by atomic mass is 32.2. The summed E-state index contributed by atoms with van der Waals surface area (Å²) in [7, 11) is -6.96. The van der Waals surface area contributed by atoms with Gasteiger partial charge in [-0.1, -0.05) is 6.07 Å². The topological polar surface area (TPSA) is 147 Å². The molecule has 0 spiro atoms. The Kier molecular flexibility index (Phi) is 5.76. The summed E-state index contributed by atoms with van der Waals surface area (Å²) < 4.78 is 72.5. The summed E-state index contributed by atoms with van der Waals surface area (Å²) in [6.45, 7) is 0. The molecule has 11 heteroatoms. The average Bonchev–Trinajstić information content (AvgIpc) is 2.41. The first kappa shape index (κ1) is 18.6. The van der Waals surface area contributed by atoms with Gasteiger partial charge in [0, 0.05) is 6.42 Å². The molecule has 0 heterocycles. The van der Waals surface area contributed by atoms with Crippen molar-refractivity contribution in [1.29, 1.82) is 0 Å². The van der Waals surface area contributed by atoms with Crippen LogP contribution in [0.5, 0.6) is 11.5 Å². The molecular weight excluding hydrogens is 340 g/mol. The van der Waals surface area contributed by atoms with Crippen LogP contribution in [0.4, 0.5) is 0 Å². The van der Waals surface area contributed by atoms with Crippen molar-refractivity contribution in [2.75, 3.05) is 14.2 Å². The zero-order valence-electron chi connectivity index (χ0n) is 11.7. The maximum Gasteiger partial charge on any atom is 0.292 e. The molecule has 126 valence electrons. The first-order chi connectivity index (χ1) is 10.0. The number of ether oxygens (including phenoxy) is 2. The van der Waals surface area contributed by atoms with E-state index in [-0.39, 0.29) is 17.1 Å². The van der Waals surface area contributed by atoms with Gasteiger partial charge in [0.1, 0.15) is 5.25 Å². The van der Waals surface area contributed by atoms with Crippen molar-refractivity contribution in [1.82, 2.24) is 0 Å². The molecule has 0 fully saturated rings. The summed E-state index contributed by atoms with van der Waals surface area (Å²) >= 11 is 0. The van der Waals surface area contributed by atoms with Crippen LogP contribution >= 0.6 is 0 Å². The molecule has 0 aliphatic heterocycles. The molecule has 0 amide bonds. The first-order valence-electron chi connectivity index (χ1n) is 5.83. The Morgan fingerprint density at radius 3 is 1.95 bits per heavy atom. The Balaban J connectivity index is 3.30. The number of benzene rings is 1. The molecule has 3 N–H and O–H groups in total. The van der Waals surface area contributed by atoms with Gasteiger partial charge in [0.25, 0.3) is 20.2 Å². The van der Waals surface area contributed by atoms with Crippen molar-refractivity contribution in [2.45, 2.75) is 17.1 Å². The SMILES string of the molecule is COc1ccc(C(CC(O)S(=O)(=O)O)S(=O)(=O)O)cc1OC. The lowest BCUT2D eigenvalue weighted by Gasteiger charge is -2.18. The highest BCUT2D eigenvalue weighted by Crippen LogP contribution is 2.34. The van der Waals surface area contributed by atoms with Crippen LogP contribution in [0.1, 0.15) is 17.2 Å². The molecule has 2 atom stereocenters. The highest BCUT2D eigenvalue weighted by Gasteiger charge is 2.33. The number of methoxy groups -OCH3 is 2. The van der Waals surface area contributed by atoms with Crippen molar-refractivity contribution in [2.24, 2.45) is 0 Å². The summed E-state index contributed by atoms with van der Waals surface area (Å²) in [5, 5.41) is 7.56. The molecule has 9 nitrogen and oxygen atoms in total. The van der Waals surface area contributed by atoms with E-state index in [0.29, 0.717) is 0 Å². The molecule has 1 aromatic carbocycles.